The number of thiophene rings is 1. The first kappa shape index (κ1) is 16.2. The summed E-state index contributed by atoms with van der Waals surface area (Å²) in [6.45, 7) is 4.09. The lowest BCUT2D eigenvalue weighted by molar-refractivity contribution is 0.468. The van der Waals surface area contributed by atoms with Crippen LogP contribution in [0.3, 0.4) is 0 Å². The predicted octanol–water partition coefficient (Wildman–Crippen LogP) is 4.86. The molecule has 2 aromatic heterocycles. The summed E-state index contributed by atoms with van der Waals surface area (Å²) in [4.78, 5) is 17.4. The number of aromatic nitrogens is 2. The third-order valence-corrected chi connectivity index (χ3v) is 5.71. The van der Waals surface area contributed by atoms with Gasteiger partial charge in [0.15, 0.2) is 5.16 Å². The Morgan fingerprint density at radius 3 is 2.74 bits per heavy atom. The van der Waals surface area contributed by atoms with Crippen LogP contribution in [0.15, 0.2) is 45.7 Å². The van der Waals surface area contributed by atoms with Crippen LogP contribution in [-0.2, 0) is 5.75 Å². The second kappa shape index (κ2) is 6.84. The summed E-state index contributed by atoms with van der Waals surface area (Å²) in [5.41, 5.74) is 1.79. The van der Waals surface area contributed by atoms with Gasteiger partial charge in [-0.3, -0.25) is 9.36 Å². The largest absolute Gasteiger partial charge is 0.284 e. The molecule has 23 heavy (non-hydrogen) atoms. The van der Waals surface area contributed by atoms with Crippen LogP contribution in [0.25, 0.3) is 10.2 Å². The molecule has 0 spiro atoms. The molecule has 1 atom stereocenters. The Morgan fingerprint density at radius 2 is 2.04 bits per heavy atom. The molecule has 1 unspecified atom stereocenters. The molecular formula is C17H17FN2OS2. The highest BCUT2D eigenvalue weighted by Crippen LogP contribution is 2.26. The zero-order valence-electron chi connectivity index (χ0n) is 13.0. The minimum absolute atomic E-state index is 0.0287. The second-order valence-electron chi connectivity index (χ2n) is 5.38. The summed E-state index contributed by atoms with van der Waals surface area (Å²) >= 11 is 2.95. The van der Waals surface area contributed by atoms with E-state index in [1.54, 1.807) is 16.7 Å². The molecule has 0 radical (unpaired) electrons. The highest BCUT2D eigenvalue weighted by atomic mass is 32.2. The summed E-state index contributed by atoms with van der Waals surface area (Å²) in [6, 6.07) is 8.40. The zero-order chi connectivity index (χ0) is 16.4. The number of hydrogen-bond donors (Lipinski definition) is 0. The first-order valence-electron chi connectivity index (χ1n) is 7.47. The molecule has 0 aliphatic rings. The summed E-state index contributed by atoms with van der Waals surface area (Å²) in [7, 11) is 0. The smallest absolute Gasteiger partial charge is 0.272 e. The van der Waals surface area contributed by atoms with E-state index in [9.17, 15) is 9.18 Å². The van der Waals surface area contributed by atoms with Crippen LogP contribution in [0.2, 0.25) is 0 Å². The number of rotatable bonds is 5. The van der Waals surface area contributed by atoms with Gasteiger partial charge < -0.3 is 0 Å². The number of fused-ring (bicyclic) bond motifs is 1. The van der Waals surface area contributed by atoms with Crippen LogP contribution in [0.5, 0.6) is 0 Å². The average Bonchev–Trinajstić information content (AvgIpc) is 3.02. The molecule has 0 saturated carbocycles. The maximum Gasteiger partial charge on any atom is 0.272 e. The van der Waals surface area contributed by atoms with Gasteiger partial charge in [0.2, 0.25) is 0 Å². The molecule has 0 aliphatic heterocycles. The Kier molecular flexibility index (Phi) is 4.82. The average molecular weight is 348 g/mol. The number of thioether (sulfide) groups is 1. The molecule has 3 nitrogen and oxygen atoms in total. The normalized spacial score (nSPS) is 12.7. The fraction of sp³-hybridized carbons (Fsp3) is 0.294. The first-order chi connectivity index (χ1) is 11.1. The van der Waals surface area contributed by atoms with Gasteiger partial charge in [-0.15, -0.1) is 11.3 Å². The summed E-state index contributed by atoms with van der Waals surface area (Å²) < 4.78 is 15.5. The van der Waals surface area contributed by atoms with E-state index in [1.165, 1.54) is 35.2 Å². The van der Waals surface area contributed by atoms with Crippen molar-refractivity contribution in [2.75, 3.05) is 0 Å². The van der Waals surface area contributed by atoms with E-state index in [2.05, 4.69) is 11.9 Å². The Balaban J connectivity index is 1.97. The molecule has 6 heteroatoms. The number of hydrogen-bond acceptors (Lipinski definition) is 4. The van der Waals surface area contributed by atoms with Crippen molar-refractivity contribution in [2.45, 2.75) is 37.2 Å². The number of benzene rings is 1. The van der Waals surface area contributed by atoms with Crippen LogP contribution >= 0.6 is 23.1 Å². The summed E-state index contributed by atoms with van der Waals surface area (Å²) in [6.07, 6.45) is 0.864. The standard InChI is InChI=1S/C17H17FN2OS2/c1-3-11(2)20-16(21)15-14(8-9-22-15)19-17(20)23-10-12-4-6-13(18)7-5-12/h4-9,11H,3,10H2,1-2H3. The van der Waals surface area contributed by atoms with E-state index < -0.39 is 0 Å². The maximum atomic E-state index is 13.0. The number of halogens is 1. The van der Waals surface area contributed by atoms with Gasteiger partial charge in [-0.05, 0) is 42.5 Å². The highest BCUT2D eigenvalue weighted by Gasteiger charge is 2.16. The van der Waals surface area contributed by atoms with Gasteiger partial charge in [-0.25, -0.2) is 9.37 Å². The van der Waals surface area contributed by atoms with Crippen LogP contribution in [0.1, 0.15) is 31.9 Å². The molecule has 3 rings (SSSR count). The molecule has 0 amide bonds. The van der Waals surface area contributed by atoms with E-state index in [-0.39, 0.29) is 17.4 Å². The highest BCUT2D eigenvalue weighted by molar-refractivity contribution is 7.98. The van der Waals surface area contributed by atoms with Crippen LogP contribution in [0, 0.1) is 5.82 Å². The Morgan fingerprint density at radius 1 is 1.30 bits per heavy atom. The van der Waals surface area contributed by atoms with Gasteiger partial charge >= 0.3 is 0 Å². The third-order valence-electron chi connectivity index (χ3n) is 3.79. The van der Waals surface area contributed by atoms with Crippen molar-refractivity contribution in [3.05, 3.63) is 57.4 Å². The molecule has 0 fully saturated rings. The second-order valence-corrected chi connectivity index (χ2v) is 7.24. The minimum atomic E-state index is -0.243. The first-order valence-corrected chi connectivity index (χ1v) is 9.33. The van der Waals surface area contributed by atoms with E-state index >= 15 is 0 Å². The monoisotopic (exact) mass is 348 g/mol. The molecule has 0 N–H and O–H groups in total. The minimum Gasteiger partial charge on any atom is -0.284 e. The van der Waals surface area contributed by atoms with Crippen LogP contribution < -0.4 is 5.56 Å². The lowest BCUT2D eigenvalue weighted by atomic mass is 10.2. The molecule has 0 saturated heterocycles. The van der Waals surface area contributed by atoms with Gasteiger partial charge in [-0.1, -0.05) is 30.8 Å². The van der Waals surface area contributed by atoms with Crippen molar-refractivity contribution >= 4 is 33.3 Å². The molecule has 1 aromatic carbocycles. The number of nitrogens with zero attached hydrogens (tertiary/aromatic N) is 2. The van der Waals surface area contributed by atoms with Crippen molar-refractivity contribution in [2.24, 2.45) is 0 Å². The fourth-order valence-corrected chi connectivity index (χ4v) is 4.13. The van der Waals surface area contributed by atoms with Crippen molar-refractivity contribution < 1.29 is 4.39 Å². The molecule has 0 aliphatic carbocycles. The molecule has 120 valence electrons. The van der Waals surface area contributed by atoms with Crippen molar-refractivity contribution in [1.29, 1.82) is 0 Å². The Labute approximate surface area is 142 Å². The lowest BCUT2D eigenvalue weighted by Crippen LogP contribution is -2.25. The van der Waals surface area contributed by atoms with Crippen molar-refractivity contribution in [3.8, 4) is 0 Å². The SMILES string of the molecule is CCC(C)n1c(SCc2ccc(F)cc2)nc2ccsc2c1=O. The topological polar surface area (TPSA) is 34.9 Å². The van der Waals surface area contributed by atoms with Gasteiger partial charge in [0, 0.05) is 11.8 Å². The van der Waals surface area contributed by atoms with Gasteiger partial charge in [0.1, 0.15) is 10.5 Å². The fourth-order valence-electron chi connectivity index (χ4n) is 2.31. The van der Waals surface area contributed by atoms with Gasteiger partial charge in [0.25, 0.3) is 5.56 Å². The van der Waals surface area contributed by atoms with E-state index in [4.69, 9.17) is 0 Å². The van der Waals surface area contributed by atoms with E-state index in [0.717, 1.165) is 22.7 Å². The predicted molar refractivity (Wildman–Crippen MR) is 94.8 cm³/mol. The van der Waals surface area contributed by atoms with E-state index in [1.807, 2.05) is 18.4 Å². The Bertz CT molecular complexity index is 870. The van der Waals surface area contributed by atoms with Crippen molar-refractivity contribution in [3.63, 3.8) is 0 Å². The van der Waals surface area contributed by atoms with Crippen molar-refractivity contribution in [1.82, 2.24) is 9.55 Å². The molecule has 0 bridgehead atoms. The molecule has 3 aromatic rings. The summed E-state index contributed by atoms with van der Waals surface area (Å²) in [5, 5.41) is 2.62. The van der Waals surface area contributed by atoms with E-state index in [0.29, 0.717) is 10.5 Å². The zero-order valence-corrected chi connectivity index (χ0v) is 14.6. The summed E-state index contributed by atoms with van der Waals surface area (Å²) in [5.74, 6) is 0.409. The van der Waals surface area contributed by atoms with Gasteiger partial charge in [-0.2, -0.15) is 0 Å². The molecular weight excluding hydrogens is 331 g/mol. The maximum absolute atomic E-state index is 13.0. The Hall–Kier alpha value is -1.66. The lowest BCUT2D eigenvalue weighted by Gasteiger charge is -2.17. The van der Waals surface area contributed by atoms with Gasteiger partial charge in [0.05, 0.1) is 5.52 Å². The molecule has 2 heterocycles. The third kappa shape index (κ3) is 3.33. The van der Waals surface area contributed by atoms with Crippen LogP contribution in [-0.4, -0.2) is 9.55 Å². The van der Waals surface area contributed by atoms with Crippen LogP contribution in [0.4, 0.5) is 4.39 Å². The quantitative estimate of drug-likeness (QED) is 0.488.